The van der Waals surface area contributed by atoms with Gasteiger partial charge in [-0.25, -0.2) is 4.98 Å². The highest BCUT2D eigenvalue weighted by atomic mass is 15.4. The number of hydrogen-bond acceptors (Lipinski definition) is 4. The predicted octanol–water partition coefficient (Wildman–Crippen LogP) is 11.1. The highest BCUT2D eigenvalue weighted by Gasteiger charge is 2.31. The zero-order valence-electron chi connectivity index (χ0n) is 30.5. The molecule has 11 rings (SSSR count). The van der Waals surface area contributed by atoms with Crippen molar-refractivity contribution in [2.24, 2.45) is 0 Å². The summed E-state index contributed by atoms with van der Waals surface area (Å²) in [5.74, 6) is 0.873. The summed E-state index contributed by atoms with van der Waals surface area (Å²) >= 11 is 0. The quantitative estimate of drug-likeness (QED) is 0.160. The summed E-state index contributed by atoms with van der Waals surface area (Å²) in [6.45, 7) is 0. The SMILES string of the molecule is c1ccc(-c2ccc(C3NC(c4ccccc4)NC(c4cccc(-n5c6ccccc6c6cc7c8ccccc8n(-c8ccccc8)c7cc65)n4)N3)cc2)cc1. The first-order valence-corrected chi connectivity index (χ1v) is 19.2. The van der Waals surface area contributed by atoms with E-state index in [1.807, 2.05) is 0 Å². The summed E-state index contributed by atoms with van der Waals surface area (Å²) in [6, 6.07) is 69.1. The second kappa shape index (κ2) is 13.5. The summed E-state index contributed by atoms with van der Waals surface area (Å²) in [5.41, 5.74) is 11.4. The Hall–Kier alpha value is -6.83. The summed E-state index contributed by atoms with van der Waals surface area (Å²) < 4.78 is 4.71. The molecule has 0 bridgehead atoms. The number of benzene rings is 7. The monoisotopic (exact) mass is 722 g/mol. The third-order valence-electron chi connectivity index (χ3n) is 11.2. The third kappa shape index (κ3) is 5.50. The van der Waals surface area contributed by atoms with Crippen LogP contribution < -0.4 is 16.0 Å². The van der Waals surface area contributed by atoms with Crippen LogP contribution in [-0.2, 0) is 0 Å². The van der Waals surface area contributed by atoms with Crippen LogP contribution in [0.5, 0.6) is 0 Å². The van der Waals surface area contributed by atoms with Crippen LogP contribution in [0.3, 0.4) is 0 Å². The largest absolute Gasteiger partial charge is 0.309 e. The number of rotatable bonds is 6. The molecule has 3 unspecified atom stereocenters. The fraction of sp³-hybridized carbons (Fsp3) is 0.0600. The van der Waals surface area contributed by atoms with Crippen LogP contribution in [0.25, 0.3) is 66.2 Å². The fourth-order valence-electron chi connectivity index (χ4n) is 8.60. The van der Waals surface area contributed by atoms with Gasteiger partial charge in [0.05, 0.1) is 40.1 Å². The van der Waals surface area contributed by atoms with Crippen molar-refractivity contribution in [2.75, 3.05) is 0 Å². The highest BCUT2D eigenvalue weighted by Crippen LogP contribution is 2.39. The molecule has 1 fully saturated rings. The van der Waals surface area contributed by atoms with Gasteiger partial charge in [0.2, 0.25) is 0 Å². The summed E-state index contributed by atoms with van der Waals surface area (Å²) in [7, 11) is 0. The van der Waals surface area contributed by atoms with E-state index in [1.165, 1.54) is 49.3 Å². The van der Waals surface area contributed by atoms with Gasteiger partial charge in [-0.1, -0.05) is 146 Å². The van der Waals surface area contributed by atoms with Gasteiger partial charge in [-0.15, -0.1) is 0 Å². The lowest BCUT2D eigenvalue weighted by Crippen LogP contribution is -2.54. The first kappa shape index (κ1) is 32.6. The summed E-state index contributed by atoms with van der Waals surface area (Å²) in [5, 5.41) is 16.4. The van der Waals surface area contributed by atoms with Gasteiger partial charge in [-0.3, -0.25) is 20.5 Å². The van der Waals surface area contributed by atoms with Crippen molar-refractivity contribution in [1.82, 2.24) is 30.1 Å². The number of hydrogen-bond donors (Lipinski definition) is 3. The molecule has 56 heavy (non-hydrogen) atoms. The molecule has 1 aliphatic rings. The smallest absolute Gasteiger partial charge is 0.138 e. The van der Waals surface area contributed by atoms with Crippen molar-refractivity contribution in [2.45, 2.75) is 18.5 Å². The molecule has 6 heteroatoms. The van der Waals surface area contributed by atoms with E-state index in [-0.39, 0.29) is 18.5 Å². The van der Waals surface area contributed by atoms with Crippen LogP contribution >= 0.6 is 0 Å². The zero-order chi connectivity index (χ0) is 37.0. The van der Waals surface area contributed by atoms with E-state index in [4.69, 9.17) is 4.98 Å². The first-order valence-electron chi connectivity index (χ1n) is 19.2. The van der Waals surface area contributed by atoms with Crippen LogP contribution in [0, 0.1) is 0 Å². The second-order valence-electron chi connectivity index (χ2n) is 14.5. The number of pyridine rings is 1. The van der Waals surface area contributed by atoms with Crippen molar-refractivity contribution in [3.63, 3.8) is 0 Å². The minimum atomic E-state index is -0.236. The standard InChI is InChI=1S/C50H38N6/c1-4-15-33(16-5-1)34-27-29-36(30-28-34)49-52-48(35-17-6-2-7-18-35)53-50(54-49)42-23-14-26-47(51-42)56-44-25-13-11-22-39(44)41-31-40-38-21-10-12-24-43(38)55(45(40)32-46(41)56)37-19-8-3-9-20-37/h1-32,48-50,52-54H. The van der Waals surface area contributed by atoms with Gasteiger partial charge in [0.15, 0.2) is 0 Å². The molecule has 1 aliphatic heterocycles. The van der Waals surface area contributed by atoms with E-state index in [0.29, 0.717) is 0 Å². The lowest BCUT2D eigenvalue weighted by molar-refractivity contribution is 0.200. The van der Waals surface area contributed by atoms with Crippen LogP contribution in [0.4, 0.5) is 0 Å². The maximum atomic E-state index is 5.46. The molecule has 268 valence electrons. The van der Waals surface area contributed by atoms with Gasteiger partial charge >= 0.3 is 0 Å². The number of fused-ring (bicyclic) bond motifs is 6. The van der Waals surface area contributed by atoms with Crippen LogP contribution in [-0.4, -0.2) is 14.1 Å². The molecule has 10 aromatic rings. The maximum Gasteiger partial charge on any atom is 0.138 e. The average Bonchev–Trinajstić information content (AvgIpc) is 3.78. The Morgan fingerprint density at radius 2 is 0.875 bits per heavy atom. The molecule has 6 nitrogen and oxygen atoms in total. The molecule has 1 saturated heterocycles. The molecule has 3 N–H and O–H groups in total. The van der Waals surface area contributed by atoms with Gasteiger partial charge in [0.1, 0.15) is 12.0 Å². The minimum Gasteiger partial charge on any atom is -0.309 e. The van der Waals surface area contributed by atoms with E-state index < -0.39 is 0 Å². The lowest BCUT2D eigenvalue weighted by Gasteiger charge is -2.39. The molecule has 4 heterocycles. The van der Waals surface area contributed by atoms with Gasteiger partial charge in [0, 0.05) is 27.2 Å². The van der Waals surface area contributed by atoms with Gasteiger partial charge in [-0.2, -0.15) is 0 Å². The van der Waals surface area contributed by atoms with E-state index >= 15 is 0 Å². The number of nitrogens with one attached hydrogen (secondary N) is 3. The second-order valence-corrected chi connectivity index (χ2v) is 14.5. The molecular formula is C50H38N6. The Morgan fingerprint density at radius 3 is 1.55 bits per heavy atom. The average molecular weight is 723 g/mol. The van der Waals surface area contributed by atoms with Crippen molar-refractivity contribution >= 4 is 43.6 Å². The van der Waals surface area contributed by atoms with Crippen molar-refractivity contribution in [1.29, 1.82) is 0 Å². The maximum absolute atomic E-state index is 5.46. The molecule has 3 aromatic heterocycles. The lowest BCUT2D eigenvalue weighted by atomic mass is 10.0. The Morgan fingerprint density at radius 1 is 0.357 bits per heavy atom. The molecule has 0 aliphatic carbocycles. The molecule has 3 atom stereocenters. The van der Waals surface area contributed by atoms with Crippen molar-refractivity contribution < 1.29 is 0 Å². The Bertz CT molecular complexity index is 3010. The Balaban J connectivity index is 1.04. The van der Waals surface area contributed by atoms with E-state index in [0.717, 1.165) is 33.8 Å². The molecule has 0 radical (unpaired) electrons. The Kier molecular flexibility index (Phi) is 7.84. The van der Waals surface area contributed by atoms with Gasteiger partial charge in [0.25, 0.3) is 0 Å². The van der Waals surface area contributed by atoms with Gasteiger partial charge in [-0.05, 0) is 70.8 Å². The fourth-order valence-corrected chi connectivity index (χ4v) is 8.60. The predicted molar refractivity (Wildman–Crippen MR) is 229 cm³/mol. The first-order chi connectivity index (χ1) is 27.8. The zero-order valence-corrected chi connectivity index (χ0v) is 30.5. The number of para-hydroxylation sites is 3. The van der Waals surface area contributed by atoms with E-state index in [2.05, 4.69) is 219 Å². The topological polar surface area (TPSA) is 58.8 Å². The molecule has 0 saturated carbocycles. The highest BCUT2D eigenvalue weighted by molar-refractivity contribution is 6.19. The van der Waals surface area contributed by atoms with Crippen LogP contribution in [0.2, 0.25) is 0 Å². The minimum absolute atomic E-state index is 0.104. The molecule has 0 amide bonds. The van der Waals surface area contributed by atoms with Crippen molar-refractivity contribution in [3.05, 3.63) is 211 Å². The molecule has 0 spiro atoms. The molecule has 7 aromatic carbocycles. The summed E-state index contributed by atoms with van der Waals surface area (Å²) in [6.07, 6.45) is -0.461. The number of aromatic nitrogens is 3. The van der Waals surface area contributed by atoms with E-state index in [9.17, 15) is 0 Å². The summed E-state index contributed by atoms with van der Waals surface area (Å²) in [4.78, 5) is 5.46. The molecular weight excluding hydrogens is 685 g/mol. The number of nitrogens with zero attached hydrogens (tertiary/aromatic N) is 3. The third-order valence-corrected chi connectivity index (χ3v) is 11.2. The van der Waals surface area contributed by atoms with E-state index in [1.54, 1.807) is 0 Å². The van der Waals surface area contributed by atoms with Crippen molar-refractivity contribution in [3.8, 4) is 22.6 Å². The Labute approximate surface area is 324 Å². The van der Waals surface area contributed by atoms with Crippen LogP contribution in [0.15, 0.2) is 194 Å². The normalized spacial score (nSPS) is 17.2. The van der Waals surface area contributed by atoms with Crippen LogP contribution in [0.1, 0.15) is 35.3 Å². The van der Waals surface area contributed by atoms with Gasteiger partial charge < -0.3 is 4.57 Å².